The van der Waals surface area contributed by atoms with Crippen molar-refractivity contribution in [3.05, 3.63) is 29.8 Å². The summed E-state index contributed by atoms with van der Waals surface area (Å²) in [5.41, 5.74) is 7.43. The molecule has 0 radical (unpaired) electrons. The van der Waals surface area contributed by atoms with Crippen LogP contribution in [0.3, 0.4) is 0 Å². The number of anilines is 1. The maximum atomic E-state index is 11.4. The van der Waals surface area contributed by atoms with Gasteiger partial charge in [0.15, 0.2) is 5.78 Å². The van der Waals surface area contributed by atoms with Gasteiger partial charge in [-0.15, -0.1) is 0 Å². The molecule has 0 bridgehead atoms. The third-order valence-electron chi connectivity index (χ3n) is 2.62. The third kappa shape index (κ3) is 1.04. The Bertz CT molecular complexity index is 362. The number of rotatable bonds is 1. The number of para-hydroxylation sites is 1. The van der Waals surface area contributed by atoms with E-state index >= 15 is 0 Å². The lowest BCUT2D eigenvalue weighted by atomic mass is 9.89. The number of ketones is 1. The number of fused-ring (bicyclic) bond motifs is 1. The average Bonchev–Trinajstić information content (AvgIpc) is 2.47. The largest absolute Gasteiger partial charge is 0.320 e. The summed E-state index contributed by atoms with van der Waals surface area (Å²) >= 11 is 0. The zero-order valence-corrected chi connectivity index (χ0v) is 7.72. The number of benzene rings is 1. The lowest BCUT2D eigenvalue weighted by Gasteiger charge is -2.20. The Hall–Kier alpha value is -1.35. The van der Waals surface area contributed by atoms with Crippen LogP contribution in [-0.4, -0.2) is 5.78 Å². The van der Waals surface area contributed by atoms with E-state index in [2.05, 4.69) is 10.9 Å². The van der Waals surface area contributed by atoms with Gasteiger partial charge in [0.25, 0.3) is 0 Å². The van der Waals surface area contributed by atoms with E-state index in [0.29, 0.717) is 0 Å². The number of nitrogens with one attached hydrogen (secondary N) is 2. The van der Waals surface area contributed by atoms with Crippen LogP contribution in [0.25, 0.3) is 0 Å². The molecule has 0 aliphatic carbocycles. The first-order valence-electron chi connectivity index (χ1n) is 4.28. The number of carbonyl (C=O) groups excluding carboxylic acids is 1. The molecule has 0 aromatic heterocycles. The van der Waals surface area contributed by atoms with Gasteiger partial charge in [-0.3, -0.25) is 4.79 Å². The highest BCUT2D eigenvalue weighted by Crippen LogP contribution is 2.33. The summed E-state index contributed by atoms with van der Waals surface area (Å²) < 4.78 is 0. The van der Waals surface area contributed by atoms with Crippen molar-refractivity contribution in [3.63, 3.8) is 0 Å². The van der Waals surface area contributed by atoms with Gasteiger partial charge >= 0.3 is 0 Å². The van der Waals surface area contributed by atoms with Crippen molar-refractivity contribution in [2.75, 3.05) is 5.43 Å². The van der Waals surface area contributed by atoms with E-state index in [1.165, 1.54) is 0 Å². The molecule has 0 spiro atoms. The Morgan fingerprint density at radius 2 is 2.08 bits per heavy atom. The zero-order valence-electron chi connectivity index (χ0n) is 7.72. The van der Waals surface area contributed by atoms with Crippen molar-refractivity contribution >= 4 is 11.5 Å². The third-order valence-corrected chi connectivity index (χ3v) is 2.62. The number of hydrogen-bond acceptors (Lipinski definition) is 3. The van der Waals surface area contributed by atoms with Crippen LogP contribution >= 0.6 is 0 Å². The lowest BCUT2D eigenvalue weighted by Crippen LogP contribution is -2.42. The summed E-state index contributed by atoms with van der Waals surface area (Å²) in [5, 5.41) is 0. The molecule has 1 aliphatic heterocycles. The molecule has 68 valence electrons. The smallest absolute Gasteiger partial charge is 0.155 e. The molecule has 13 heavy (non-hydrogen) atoms. The van der Waals surface area contributed by atoms with Crippen LogP contribution in [0.1, 0.15) is 19.4 Å². The van der Waals surface area contributed by atoms with Crippen LogP contribution in [0.2, 0.25) is 0 Å². The maximum absolute atomic E-state index is 11.4. The highest BCUT2D eigenvalue weighted by Gasteiger charge is 2.37. The molecule has 0 saturated carbocycles. The summed E-state index contributed by atoms with van der Waals surface area (Å²) in [7, 11) is 0. The Morgan fingerprint density at radius 1 is 1.38 bits per heavy atom. The van der Waals surface area contributed by atoms with Crippen LogP contribution in [0, 0.1) is 0 Å². The minimum Gasteiger partial charge on any atom is -0.320 e. The first-order chi connectivity index (χ1) is 6.14. The van der Waals surface area contributed by atoms with Crippen LogP contribution in [-0.2, 0) is 10.3 Å². The van der Waals surface area contributed by atoms with Crippen LogP contribution in [0.4, 0.5) is 5.69 Å². The number of hydrogen-bond donors (Lipinski definition) is 2. The minimum absolute atomic E-state index is 0.116. The normalized spacial score (nSPS) is 25.1. The van der Waals surface area contributed by atoms with E-state index < -0.39 is 5.54 Å². The predicted molar refractivity (Wildman–Crippen MR) is 51.2 cm³/mol. The number of carbonyl (C=O) groups is 1. The molecule has 0 fully saturated rings. The highest BCUT2D eigenvalue weighted by atomic mass is 16.1. The monoisotopic (exact) mass is 176 g/mol. The lowest BCUT2D eigenvalue weighted by molar-refractivity contribution is -0.122. The molecule has 0 amide bonds. The quantitative estimate of drug-likeness (QED) is 0.680. The Kier molecular flexibility index (Phi) is 1.63. The molecule has 3 nitrogen and oxygen atoms in total. The topological polar surface area (TPSA) is 41.1 Å². The van der Waals surface area contributed by atoms with Gasteiger partial charge in [0, 0.05) is 5.56 Å². The van der Waals surface area contributed by atoms with Crippen molar-refractivity contribution in [2.24, 2.45) is 0 Å². The van der Waals surface area contributed by atoms with Crippen LogP contribution in [0.5, 0.6) is 0 Å². The van der Waals surface area contributed by atoms with Gasteiger partial charge in [-0.2, -0.15) is 0 Å². The first-order valence-corrected chi connectivity index (χ1v) is 4.28. The Labute approximate surface area is 77.1 Å². The van der Waals surface area contributed by atoms with Gasteiger partial charge in [0.05, 0.1) is 5.69 Å². The van der Waals surface area contributed by atoms with Crippen LogP contribution in [0.15, 0.2) is 24.3 Å². The van der Waals surface area contributed by atoms with Gasteiger partial charge in [-0.1, -0.05) is 18.2 Å². The van der Waals surface area contributed by atoms with Crippen molar-refractivity contribution < 1.29 is 4.79 Å². The van der Waals surface area contributed by atoms with Gasteiger partial charge in [0.1, 0.15) is 5.54 Å². The molecule has 3 heteroatoms. The first kappa shape index (κ1) is 8.26. The predicted octanol–water partition coefficient (Wildman–Crippen LogP) is 1.42. The standard InChI is InChI=1S/C10H12N2O/c1-7(13)10(2)8-5-3-4-6-9(8)11-12-10/h3-6,11-12H,1-2H3/t10-/m0/s1. The average molecular weight is 176 g/mol. The molecule has 1 aliphatic rings. The molecular formula is C10H12N2O. The SMILES string of the molecule is CC(=O)[C@]1(C)NNc2ccccc21. The van der Waals surface area contributed by atoms with E-state index in [-0.39, 0.29) is 5.78 Å². The number of hydrazine groups is 1. The summed E-state index contributed by atoms with van der Waals surface area (Å²) in [6.45, 7) is 3.48. The summed E-state index contributed by atoms with van der Waals surface area (Å²) in [5.74, 6) is 0.116. The molecular weight excluding hydrogens is 164 g/mol. The summed E-state index contributed by atoms with van der Waals surface area (Å²) in [6.07, 6.45) is 0. The van der Waals surface area contributed by atoms with Gasteiger partial charge < -0.3 is 5.43 Å². The second-order valence-electron chi connectivity index (χ2n) is 3.48. The van der Waals surface area contributed by atoms with E-state index in [4.69, 9.17) is 0 Å². The molecule has 0 unspecified atom stereocenters. The maximum Gasteiger partial charge on any atom is 0.155 e. The summed E-state index contributed by atoms with van der Waals surface area (Å²) in [4.78, 5) is 11.4. The molecule has 2 N–H and O–H groups in total. The van der Waals surface area contributed by atoms with Crippen molar-refractivity contribution in [1.82, 2.24) is 5.43 Å². The Morgan fingerprint density at radius 3 is 2.77 bits per heavy atom. The zero-order chi connectivity index (χ0) is 9.47. The fraction of sp³-hybridized carbons (Fsp3) is 0.300. The van der Waals surface area contributed by atoms with Gasteiger partial charge in [-0.25, -0.2) is 5.43 Å². The van der Waals surface area contributed by atoms with E-state index in [0.717, 1.165) is 11.3 Å². The number of Topliss-reactive ketones (excluding diaryl/α,β-unsaturated/α-hetero) is 1. The fourth-order valence-electron chi connectivity index (χ4n) is 1.57. The molecule has 1 aromatic carbocycles. The van der Waals surface area contributed by atoms with Crippen molar-refractivity contribution in [1.29, 1.82) is 0 Å². The van der Waals surface area contributed by atoms with E-state index in [1.54, 1.807) is 6.92 Å². The van der Waals surface area contributed by atoms with E-state index in [9.17, 15) is 4.79 Å². The van der Waals surface area contributed by atoms with Gasteiger partial charge in [0.2, 0.25) is 0 Å². The molecule has 1 aromatic rings. The second-order valence-corrected chi connectivity index (χ2v) is 3.48. The van der Waals surface area contributed by atoms with Crippen molar-refractivity contribution in [3.8, 4) is 0 Å². The second kappa shape index (κ2) is 2.57. The minimum atomic E-state index is -0.573. The van der Waals surface area contributed by atoms with Gasteiger partial charge in [-0.05, 0) is 19.9 Å². The molecule has 0 saturated heterocycles. The highest BCUT2D eigenvalue weighted by molar-refractivity contribution is 5.90. The van der Waals surface area contributed by atoms with E-state index in [1.807, 2.05) is 31.2 Å². The molecule has 1 heterocycles. The molecule has 1 atom stereocenters. The molecule has 2 rings (SSSR count). The van der Waals surface area contributed by atoms with Crippen LogP contribution < -0.4 is 10.9 Å². The Balaban J connectivity index is 2.55. The van der Waals surface area contributed by atoms with Crippen molar-refractivity contribution in [2.45, 2.75) is 19.4 Å². The fourth-order valence-corrected chi connectivity index (χ4v) is 1.57. The summed E-state index contributed by atoms with van der Waals surface area (Å²) in [6, 6.07) is 7.80.